The van der Waals surface area contributed by atoms with Crippen molar-refractivity contribution in [2.45, 2.75) is 11.0 Å². The minimum Gasteiger partial charge on any atom is -0.399 e. The van der Waals surface area contributed by atoms with Gasteiger partial charge < -0.3 is 10.8 Å². The third-order valence-electron chi connectivity index (χ3n) is 2.90. The molecule has 0 saturated heterocycles. The second kappa shape index (κ2) is 6.57. The summed E-state index contributed by atoms with van der Waals surface area (Å²) in [6.07, 6.45) is -0.916. The molecular formula is C14H15BrN2O3S. The normalized spacial score (nSPS) is 13.0. The fourth-order valence-corrected chi connectivity index (χ4v) is 3.82. The van der Waals surface area contributed by atoms with Gasteiger partial charge in [-0.05, 0) is 39.7 Å². The summed E-state index contributed by atoms with van der Waals surface area (Å²) in [5.74, 6) is 0. The molecule has 112 valence electrons. The van der Waals surface area contributed by atoms with Crippen molar-refractivity contribution in [2.75, 3.05) is 12.3 Å². The summed E-state index contributed by atoms with van der Waals surface area (Å²) in [4.78, 5) is 0.0442. The average Bonchev–Trinajstić information content (AvgIpc) is 2.48. The molecule has 2 rings (SSSR count). The van der Waals surface area contributed by atoms with Crippen molar-refractivity contribution in [3.8, 4) is 0 Å². The first kappa shape index (κ1) is 16.0. The van der Waals surface area contributed by atoms with E-state index in [-0.39, 0.29) is 11.4 Å². The van der Waals surface area contributed by atoms with Crippen LogP contribution >= 0.6 is 15.9 Å². The first-order chi connectivity index (χ1) is 9.90. The van der Waals surface area contributed by atoms with E-state index in [4.69, 9.17) is 5.73 Å². The number of nitrogens with one attached hydrogen (secondary N) is 1. The average molecular weight is 371 g/mol. The van der Waals surface area contributed by atoms with Crippen LogP contribution in [0.2, 0.25) is 0 Å². The summed E-state index contributed by atoms with van der Waals surface area (Å²) in [6.45, 7) is -0.117. The lowest BCUT2D eigenvalue weighted by Gasteiger charge is -2.13. The topological polar surface area (TPSA) is 92.4 Å². The van der Waals surface area contributed by atoms with E-state index in [1.54, 1.807) is 36.4 Å². The van der Waals surface area contributed by atoms with E-state index in [0.29, 0.717) is 15.7 Å². The van der Waals surface area contributed by atoms with Crippen LogP contribution in [0.5, 0.6) is 0 Å². The van der Waals surface area contributed by atoms with Gasteiger partial charge in [-0.3, -0.25) is 0 Å². The SMILES string of the molecule is Nc1ccc(Br)c(S(=O)(=O)NCC(O)c2ccccc2)c1. The van der Waals surface area contributed by atoms with E-state index in [1.165, 1.54) is 6.07 Å². The molecule has 0 heterocycles. The molecule has 21 heavy (non-hydrogen) atoms. The Kier molecular flexibility index (Phi) is 5.00. The third-order valence-corrected chi connectivity index (χ3v) is 5.31. The summed E-state index contributed by atoms with van der Waals surface area (Å²) < 4.78 is 27.3. The number of sulfonamides is 1. The Morgan fingerprint density at radius 3 is 2.52 bits per heavy atom. The molecule has 0 fully saturated rings. The molecule has 0 bridgehead atoms. The Bertz CT molecular complexity index is 720. The fourth-order valence-electron chi connectivity index (χ4n) is 1.79. The molecule has 0 spiro atoms. The number of rotatable bonds is 5. The second-order valence-electron chi connectivity index (χ2n) is 4.47. The molecule has 0 amide bonds. The van der Waals surface area contributed by atoms with Crippen LogP contribution in [-0.2, 0) is 10.0 Å². The molecule has 0 radical (unpaired) electrons. The molecular weight excluding hydrogens is 356 g/mol. The molecule has 0 aliphatic carbocycles. The highest BCUT2D eigenvalue weighted by atomic mass is 79.9. The van der Waals surface area contributed by atoms with Gasteiger partial charge in [0.2, 0.25) is 10.0 Å². The van der Waals surface area contributed by atoms with Gasteiger partial charge >= 0.3 is 0 Å². The predicted octanol–water partition coefficient (Wildman–Crippen LogP) is 2.04. The zero-order valence-electron chi connectivity index (χ0n) is 11.0. The minimum atomic E-state index is -3.75. The summed E-state index contributed by atoms with van der Waals surface area (Å²) in [5, 5.41) is 9.99. The lowest BCUT2D eigenvalue weighted by atomic mass is 10.1. The van der Waals surface area contributed by atoms with E-state index < -0.39 is 16.1 Å². The monoisotopic (exact) mass is 370 g/mol. The number of aliphatic hydroxyl groups is 1. The highest BCUT2D eigenvalue weighted by Crippen LogP contribution is 2.24. The van der Waals surface area contributed by atoms with Crippen molar-refractivity contribution in [1.29, 1.82) is 0 Å². The van der Waals surface area contributed by atoms with Crippen molar-refractivity contribution in [2.24, 2.45) is 0 Å². The number of aliphatic hydroxyl groups excluding tert-OH is 1. The standard InChI is InChI=1S/C14H15BrN2O3S/c15-12-7-6-11(16)8-14(12)21(19,20)17-9-13(18)10-4-2-1-3-5-10/h1-8,13,17-18H,9,16H2. The van der Waals surface area contributed by atoms with Crippen LogP contribution in [0.4, 0.5) is 5.69 Å². The van der Waals surface area contributed by atoms with E-state index in [9.17, 15) is 13.5 Å². The third kappa shape index (κ3) is 4.04. The number of benzene rings is 2. The van der Waals surface area contributed by atoms with Gasteiger partial charge in [0.05, 0.1) is 11.0 Å². The van der Waals surface area contributed by atoms with Crippen molar-refractivity contribution >= 4 is 31.6 Å². The molecule has 2 aromatic carbocycles. The smallest absolute Gasteiger partial charge is 0.241 e. The maximum absolute atomic E-state index is 12.2. The van der Waals surface area contributed by atoms with Crippen molar-refractivity contribution in [3.63, 3.8) is 0 Å². The first-order valence-corrected chi connectivity index (χ1v) is 8.45. The molecule has 4 N–H and O–H groups in total. The molecule has 2 aromatic rings. The molecule has 1 atom stereocenters. The number of anilines is 1. The quantitative estimate of drug-likeness (QED) is 0.702. The first-order valence-electron chi connectivity index (χ1n) is 6.18. The van der Waals surface area contributed by atoms with Crippen LogP contribution in [0, 0.1) is 0 Å². The molecule has 0 aliphatic heterocycles. The number of nitrogen functional groups attached to an aromatic ring is 1. The lowest BCUT2D eigenvalue weighted by molar-refractivity contribution is 0.182. The van der Waals surface area contributed by atoms with Crippen molar-refractivity contribution < 1.29 is 13.5 Å². The summed E-state index contributed by atoms with van der Waals surface area (Å²) in [7, 11) is -3.75. The van der Waals surface area contributed by atoms with Gasteiger partial charge in [-0.25, -0.2) is 13.1 Å². The largest absolute Gasteiger partial charge is 0.399 e. The van der Waals surface area contributed by atoms with E-state index >= 15 is 0 Å². The summed E-state index contributed by atoms with van der Waals surface area (Å²) in [5.41, 5.74) is 6.60. The Morgan fingerprint density at radius 1 is 1.19 bits per heavy atom. The van der Waals surface area contributed by atoms with Gasteiger partial charge in [-0.1, -0.05) is 30.3 Å². The van der Waals surface area contributed by atoms with Crippen molar-refractivity contribution in [1.82, 2.24) is 4.72 Å². The van der Waals surface area contributed by atoms with Gasteiger partial charge in [-0.15, -0.1) is 0 Å². The molecule has 1 unspecified atom stereocenters. The zero-order chi connectivity index (χ0) is 15.5. The summed E-state index contributed by atoms with van der Waals surface area (Å²) in [6, 6.07) is 13.4. The summed E-state index contributed by atoms with van der Waals surface area (Å²) >= 11 is 3.18. The van der Waals surface area contributed by atoms with Crippen LogP contribution in [0.25, 0.3) is 0 Å². The molecule has 0 aromatic heterocycles. The Hall–Kier alpha value is -1.41. The van der Waals surface area contributed by atoms with Crippen LogP contribution in [-0.4, -0.2) is 20.1 Å². The van der Waals surface area contributed by atoms with Crippen LogP contribution in [0.1, 0.15) is 11.7 Å². The Morgan fingerprint density at radius 2 is 1.86 bits per heavy atom. The van der Waals surface area contributed by atoms with E-state index in [2.05, 4.69) is 20.7 Å². The molecule has 7 heteroatoms. The van der Waals surface area contributed by atoms with E-state index in [0.717, 1.165) is 0 Å². The second-order valence-corrected chi connectivity index (χ2v) is 7.06. The maximum atomic E-state index is 12.2. The van der Waals surface area contributed by atoms with Crippen LogP contribution in [0.3, 0.4) is 0 Å². The van der Waals surface area contributed by atoms with Crippen LogP contribution < -0.4 is 10.5 Å². The van der Waals surface area contributed by atoms with Crippen LogP contribution in [0.15, 0.2) is 57.9 Å². The Balaban J connectivity index is 2.13. The van der Waals surface area contributed by atoms with Gasteiger partial charge in [0, 0.05) is 16.7 Å². The molecule has 0 saturated carbocycles. The lowest BCUT2D eigenvalue weighted by Crippen LogP contribution is -2.28. The molecule has 5 nitrogen and oxygen atoms in total. The number of nitrogens with two attached hydrogens (primary N) is 1. The van der Waals surface area contributed by atoms with Gasteiger partial charge in [0.1, 0.15) is 0 Å². The number of hydrogen-bond donors (Lipinski definition) is 3. The number of hydrogen-bond acceptors (Lipinski definition) is 4. The van der Waals surface area contributed by atoms with Gasteiger partial charge in [0.15, 0.2) is 0 Å². The number of halogens is 1. The van der Waals surface area contributed by atoms with Gasteiger partial charge in [-0.2, -0.15) is 0 Å². The predicted molar refractivity (Wildman–Crippen MR) is 85.1 cm³/mol. The fraction of sp³-hybridized carbons (Fsp3) is 0.143. The highest BCUT2D eigenvalue weighted by Gasteiger charge is 2.19. The Labute approximate surface area is 132 Å². The van der Waals surface area contributed by atoms with E-state index in [1.807, 2.05) is 6.07 Å². The minimum absolute atomic E-state index is 0.0442. The zero-order valence-corrected chi connectivity index (χ0v) is 13.4. The maximum Gasteiger partial charge on any atom is 0.241 e. The van der Waals surface area contributed by atoms with Crippen molar-refractivity contribution in [3.05, 3.63) is 58.6 Å². The highest BCUT2D eigenvalue weighted by molar-refractivity contribution is 9.10. The van der Waals surface area contributed by atoms with Gasteiger partial charge in [0.25, 0.3) is 0 Å². The molecule has 0 aliphatic rings.